The molecule has 0 saturated heterocycles. The van der Waals surface area contributed by atoms with Gasteiger partial charge < -0.3 is 18.3 Å². The molecule has 1 aliphatic rings. The Labute approximate surface area is 191 Å². The predicted molar refractivity (Wildman–Crippen MR) is 125 cm³/mol. The van der Waals surface area contributed by atoms with E-state index in [1.807, 2.05) is 30.3 Å². The van der Waals surface area contributed by atoms with Crippen molar-refractivity contribution in [1.82, 2.24) is 0 Å². The minimum Gasteiger partial charge on any atom is -0.449 e. The van der Waals surface area contributed by atoms with Crippen molar-refractivity contribution in [2.75, 3.05) is 0 Å². The standard InChI is InChI=1S/C27H16O7/c1-14(28)31-27-21-13-20(19-12-16-7-3-5-9-22(16)32-25(19)29)26(30)33-24(21)18-11-10-15-6-2-4-8-17(15)23(18)34-27/h2-13,27H,1H3. The monoisotopic (exact) mass is 452 g/mol. The Bertz CT molecular complexity index is 1740. The van der Waals surface area contributed by atoms with E-state index in [0.29, 0.717) is 27.8 Å². The molecule has 1 unspecified atom stereocenters. The maximum atomic E-state index is 13.1. The van der Waals surface area contributed by atoms with E-state index in [4.69, 9.17) is 18.3 Å². The Kier molecular flexibility index (Phi) is 4.38. The summed E-state index contributed by atoms with van der Waals surface area (Å²) in [7, 11) is 0. The van der Waals surface area contributed by atoms with Crippen LogP contribution in [0, 0.1) is 0 Å². The van der Waals surface area contributed by atoms with Gasteiger partial charge in [0.15, 0.2) is 5.76 Å². The number of para-hydroxylation sites is 1. The van der Waals surface area contributed by atoms with Crippen LogP contribution in [0.15, 0.2) is 91.2 Å². The van der Waals surface area contributed by atoms with Crippen molar-refractivity contribution in [3.05, 3.63) is 99.2 Å². The van der Waals surface area contributed by atoms with Gasteiger partial charge in [-0.25, -0.2) is 9.59 Å². The summed E-state index contributed by atoms with van der Waals surface area (Å²) in [6.45, 7) is 1.26. The second-order valence-corrected chi connectivity index (χ2v) is 7.94. The van der Waals surface area contributed by atoms with E-state index in [9.17, 15) is 14.4 Å². The lowest BCUT2D eigenvalue weighted by Gasteiger charge is -2.27. The molecule has 0 N–H and O–H groups in total. The second-order valence-electron chi connectivity index (χ2n) is 7.94. The third-order valence-electron chi connectivity index (χ3n) is 5.78. The summed E-state index contributed by atoms with van der Waals surface area (Å²) in [5.74, 6) is 0.0905. The zero-order valence-electron chi connectivity index (χ0n) is 17.9. The zero-order valence-corrected chi connectivity index (χ0v) is 17.9. The number of hydrogen-bond donors (Lipinski definition) is 0. The summed E-state index contributed by atoms with van der Waals surface area (Å²) in [6, 6.07) is 21.3. The third-order valence-corrected chi connectivity index (χ3v) is 5.78. The van der Waals surface area contributed by atoms with Gasteiger partial charge in [0.2, 0.25) is 0 Å². The summed E-state index contributed by atoms with van der Waals surface area (Å²) < 4.78 is 22.7. The van der Waals surface area contributed by atoms with Crippen molar-refractivity contribution in [3.63, 3.8) is 0 Å². The molecule has 0 bridgehead atoms. The van der Waals surface area contributed by atoms with Crippen molar-refractivity contribution >= 4 is 27.7 Å². The largest absolute Gasteiger partial charge is 0.449 e. The molecule has 2 aromatic heterocycles. The van der Waals surface area contributed by atoms with Crippen LogP contribution < -0.4 is 16.0 Å². The summed E-state index contributed by atoms with van der Waals surface area (Å²) in [5, 5.41) is 2.35. The maximum absolute atomic E-state index is 13.1. The molecule has 1 aliphatic heterocycles. The van der Waals surface area contributed by atoms with Crippen LogP contribution >= 0.6 is 0 Å². The summed E-state index contributed by atoms with van der Waals surface area (Å²) in [5.41, 5.74) is -0.0987. The average molecular weight is 452 g/mol. The molecule has 1 atom stereocenters. The summed E-state index contributed by atoms with van der Waals surface area (Å²) in [4.78, 5) is 37.6. The molecule has 166 valence electrons. The van der Waals surface area contributed by atoms with Gasteiger partial charge in [0.05, 0.1) is 22.3 Å². The Morgan fingerprint density at radius 3 is 2.32 bits per heavy atom. The molecule has 6 rings (SSSR count). The molecule has 0 aliphatic carbocycles. The van der Waals surface area contributed by atoms with Crippen molar-refractivity contribution in [2.24, 2.45) is 0 Å². The summed E-state index contributed by atoms with van der Waals surface area (Å²) >= 11 is 0. The van der Waals surface area contributed by atoms with E-state index < -0.39 is 23.5 Å². The number of benzene rings is 3. The molecule has 0 radical (unpaired) electrons. The maximum Gasteiger partial charge on any atom is 0.344 e. The highest BCUT2D eigenvalue weighted by molar-refractivity contribution is 5.95. The van der Waals surface area contributed by atoms with Gasteiger partial charge in [-0.1, -0.05) is 48.5 Å². The highest BCUT2D eigenvalue weighted by Crippen LogP contribution is 2.46. The molecule has 3 aromatic carbocycles. The van der Waals surface area contributed by atoms with Gasteiger partial charge in [-0.05, 0) is 29.7 Å². The number of ether oxygens (including phenoxy) is 2. The zero-order chi connectivity index (χ0) is 23.4. The molecule has 7 heteroatoms. The van der Waals surface area contributed by atoms with Crippen LogP contribution in [-0.4, -0.2) is 5.97 Å². The van der Waals surface area contributed by atoms with Gasteiger partial charge in [0, 0.05) is 17.7 Å². The second kappa shape index (κ2) is 7.45. The minimum atomic E-state index is -1.17. The normalized spacial score (nSPS) is 14.3. The van der Waals surface area contributed by atoms with E-state index in [-0.39, 0.29) is 16.9 Å². The number of esters is 1. The lowest BCUT2D eigenvalue weighted by Crippen LogP contribution is -2.22. The summed E-state index contributed by atoms with van der Waals surface area (Å²) in [6.07, 6.45) is -1.17. The first-order valence-electron chi connectivity index (χ1n) is 10.6. The smallest absolute Gasteiger partial charge is 0.344 e. The van der Waals surface area contributed by atoms with E-state index in [1.54, 1.807) is 36.4 Å². The third kappa shape index (κ3) is 3.09. The highest BCUT2D eigenvalue weighted by atomic mass is 16.7. The molecule has 0 saturated carbocycles. The number of hydrogen-bond acceptors (Lipinski definition) is 7. The number of fused-ring (bicyclic) bond motifs is 6. The van der Waals surface area contributed by atoms with Gasteiger partial charge in [0.25, 0.3) is 6.29 Å². The van der Waals surface area contributed by atoms with Gasteiger partial charge in [-0.2, -0.15) is 0 Å². The highest BCUT2D eigenvalue weighted by Gasteiger charge is 2.33. The Morgan fingerprint density at radius 2 is 1.50 bits per heavy atom. The van der Waals surface area contributed by atoms with Gasteiger partial charge >= 0.3 is 17.2 Å². The fourth-order valence-electron chi connectivity index (χ4n) is 4.27. The van der Waals surface area contributed by atoms with Crippen molar-refractivity contribution in [2.45, 2.75) is 13.2 Å². The Balaban J connectivity index is 1.61. The van der Waals surface area contributed by atoms with Gasteiger partial charge in [-0.15, -0.1) is 0 Å². The quantitative estimate of drug-likeness (QED) is 0.269. The fraction of sp³-hybridized carbons (Fsp3) is 0.0741. The molecule has 5 aromatic rings. The first-order chi connectivity index (χ1) is 16.5. The number of rotatable bonds is 2. The molecule has 34 heavy (non-hydrogen) atoms. The van der Waals surface area contributed by atoms with Gasteiger partial charge in [0.1, 0.15) is 11.3 Å². The topological polar surface area (TPSA) is 96.0 Å². The van der Waals surface area contributed by atoms with Crippen LogP contribution in [0.2, 0.25) is 0 Å². The van der Waals surface area contributed by atoms with E-state index >= 15 is 0 Å². The SMILES string of the molecule is CC(=O)OC1Oc2c(ccc3ccccc23)-c2oc(=O)c(-c3cc4ccccc4oc3=O)cc21. The number of carbonyl (C=O) groups excluding carboxylic acids is 1. The lowest BCUT2D eigenvalue weighted by atomic mass is 9.96. The fourth-order valence-corrected chi connectivity index (χ4v) is 4.27. The van der Waals surface area contributed by atoms with Crippen molar-refractivity contribution in [1.29, 1.82) is 0 Å². The van der Waals surface area contributed by atoms with Crippen molar-refractivity contribution in [3.8, 4) is 28.2 Å². The molecule has 7 nitrogen and oxygen atoms in total. The first-order valence-corrected chi connectivity index (χ1v) is 10.6. The van der Waals surface area contributed by atoms with Crippen LogP contribution in [-0.2, 0) is 9.53 Å². The van der Waals surface area contributed by atoms with E-state index in [2.05, 4.69) is 0 Å². The van der Waals surface area contributed by atoms with E-state index in [0.717, 1.165) is 10.8 Å². The Morgan fingerprint density at radius 1 is 0.794 bits per heavy atom. The average Bonchev–Trinajstić information content (AvgIpc) is 2.83. The van der Waals surface area contributed by atoms with Crippen molar-refractivity contribution < 1.29 is 23.1 Å². The Hall–Kier alpha value is -4.65. The molecule has 0 amide bonds. The van der Waals surface area contributed by atoms with Crippen LogP contribution in [0.25, 0.3) is 44.2 Å². The molecule has 3 heterocycles. The molecular formula is C27H16O7. The first kappa shape index (κ1) is 20.0. The number of carbonyl (C=O) groups is 1. The lowest BCUT2D eigenvalue weighted by molar-refractivity contribution is -0.162. The van der Waals surface area contributed by atoms with E-state index in [1.165, 1.54) is 13.0 Å². The van der Waals surface area contributed by atoms with Crippen LogP contribution in [0.3, 0.4) is 0 Å². The van der Waals surface area contributed by atoms with Gasteiger partial charge in [-0.3, -0.25) is 4.79 Å². The van der Waals surface area contributed by atoms with Crippen LogP contribution in [0.5, 0.6) is 5.75 Å². The predicted octanol–water partition coefficient (Wildman–Crippen LogP) is 5.19. The van der Waals surface area contributed by atoms with Crippen LogP contribution in [0.4, 0.5) is 0 Å². The molecular weight excluding hydrogens is 436 g/mol. The molecule has 0 fully saturated rings. The van der Waals surface area contributed by atoms with Crippen LogP contribution in [0.1, 0.15) is 18.8 Å². The minimum absolute atomic E-state index is 0.0109. The molecule has 0 spiro atoms.